The van der Waals surface area contributed by atoms with Gasteiger partial charge in [0.15, 0.2) is 0 Å². The second-order valence-electron chi connectivity index (χ2n) is 4.61. The summed E-state index contributed by atoms with van der Waals surface area (Å²) in [7, 11) is 0. The molecule has 0 atom stereocenters. The van der Waals surface area contributed by atoms with Gasteiger partial charge in [-0.05, 0) is 43.9 Å². The number of hydrogen-bond donors (Lipinski definition) is 1. The van der Waals surface area contributed by atoms with Gasteiger partial charge in [-0.15, -0.1) is 0 Å². The molecule has 0 unspecified atom stereocenters. The summed E-state index contributed by atoms with van der Waals surface area (Å²) in [5, 5.41) is 2.88. The summed E-state index contributed by atoms with van der Waals surface area (Å²) in [6, 6.07) is 6.02. The van der Waals surface area contributed by atoms with E-state index in [1.807, 2.05) is 19.1 Å². The zero-order chi connectivity index (χ0) is 12.3. The van der Waals surface area contributed by atoms with Crippen LogP contribution in [0.4, 0.5) is 0 Å². The Balaban J connectivity index is 1.74. The fourth-order valence-corrected chi connectivity index (χ4v) is 1.71. The minimum absolute atomic E-state index is 0.176. The third kappa shape index (κ3) is 3.22. The molecule has 1 N–H and O–H groups in total. The van der Waals surface area contributed by atoms with Crippen molar-refractivity contribution in [2.75, 3.05) is 13.2 Å². The third-order valence-electron chi connectivity index (χ3n) is 3.16. The summed E-state index contributed by atoms with van der Waals surface area (Å²) in [6.45, 7) is 5.23. The average Bonchev–Trinajstić information content (AvgIpc) is 3.13. The Hall–Kier alpha value is -1.51. The highest BCUT2D eigenvalue weighted by Gasteiger charge is 2.28. The quantitative estimate of drug-likeness (QED) is 0.792. The molecule has 1 amide bonds. The van der Waals surface area contributed by atoms with Gasteiger partial charge in [-0.1, -0.05) is 12.1 Å². The number of ether oxygens (including phenoxy) is 1. The highest BCUT2D eigenvalue weighted by molar-refractivity contribution is 5.80. The number of benzene rings is 1. The Morgan fingerprint density at radius 3 is 2.88 bits per heavy atom. The van der Waals surface area contributed by atoms with Crippen LogP contribution in [0.15, 0.2) is 18.2 Å². The van der Waals surface area contributed by atoms with Gasteiger partial charge < -0.3 is 10.1 Å². The highest BCUT2D eigenvalue weighted by atomic mass is 16.5. The van der Waals surface area contributed by atoms with Crippen molar-refractivity contribution in [3.8, 4) is 5.75 Å². The first-order valence-corrected chi connectivity index (χ1v) is 6.15. The smallest absolute Gasteiger partial charge is 0.223 e. The Morgan fingerprint density at radius 2 is 2.18 bits per heavy atom. The van der Waals surface area contributed by atoms with E-state index >= 15 is 0 Å². The predicted octanol–water partition coefficient (Wildman–Crippen LogP) is 2.21. The van der Waals surface area contributed by atoms with E-state index in [-0.39, 0.29) is 11.8 Å². The van der Waals surface area contributed by atoms with E-state index in [1.54, 1.807) is 0 Å². The molecule has 1 aliphatic carbocycles. The molecule has 0 spiro atoms. The first-order chi connectivity index (χ1) is 8.18. The molecular formula is C14H19NO2. The van der Waals surface area contributed by atoms with Crippen molar-refractivity contribution in [1.82, 2.24) is 5.32 Å². The van der Waals surface area contributed by atoms with Crippen molar-refractivity contribution in [2.45, 2.75) is 26.7 Å². The Kier molecular flexibility index (Phi) is 3.67. The van der Waals surface area contributed by atoms with Crippen LogP contribution in [0.25, 0.3) is 0 Å². The van der Waals surface area contributed by atoms with E-state index < -0.39 is 0 Å². The molecule has 0 aromatic heterocycles. The van der Waals surface area contributed by atoms with Gasteiger partial charge in [-0.25, -0.2) is 0 Å². The summed E-state index contributed by atoms with van der Waals surface area (Å²) in [4.78, 5) is 11.4. The minimum Gasteiger partial charge on any atom is -0.491 e. The number of carbonyl (C=O) groups is 1. The molecule has 17 heavy (non-hydrogen) atoms. The van der Waals surface area contributed by atoms with Crippen molar-refractivity contribution in [2.24, 2.45) is 5.92 Å². The Bertz CT molecular complexity index is 411. The first kappa shape index (κ1) is 12.0. The van der Waals surface area contributed by atoms with Gasteiger partial charge in [0, 0.05) is 5.92 Å². The van der Waals surface area contributed by atoms with Crippen molar-refractivity contribution in [3.63, 3.8) is 0 Å². The maximum Gasteiger partial charge on any atom is 0.223 e. The lowest BCUT2D eigenvalue weighted by molar-refractivity contribution is -0.122. The summed E-state index contributed by atoms with van der Waals surface area (Å²) in [6.07, 6.45) is 2.09. The number of rotatable bonds is 5. The van der Waals surface area contributed by atoms with Crippen LogP contribution >= 0.6 is 0 Å². The van der Waals surface area contributed by atoms with Crippen LogP contribution in [0.1, 0.15) is 24.0 Å². The fraction of sp³-hybridized carbons (Fsp3) is 0.500. The maximum absolute atomic E-state index is 11.4. The molecule has 92 valence electrons. The second-order valence-corrected chi connectivity index (χ2v) is 4.61. The molecule has 1 aliphatic rings. The molecule has 3 heteroatoms. The van der Waals surface area contributed by atoms with Gasteiger partial charge in [0.1, 0.15) is 12.4 Å². The molecule has 3 nitrogen and oxygen atoms in total. The summed E-state index contributed by atoms with van der Waals surface area (Å²) in [5.74, 6) is 1.36. The molecular weight excluding hydrogens is 214 g/mol. The average molecular weight is 233 g/mol. The van der Waals surface area contributed by atoms with Gasteiger partial charge in [0.05, 0.1) is 6.54 Å². The molecule has 1 aromatic carbocycles. The van der Waals surface area contributed by atoms with Crippen molar-refractivity contribution >= 4 is 5.91 Å². The second kappa shape index (κ2) is 5.21. The Morgan fingerprint density at radius 1 is 1.41 bits per heavy atom. The SMILES string of the molecule is Cc1cccc(OCCNC(=O)C2CC2)c1C. The van der Waals surface area contributed by atoms with Gasteiger partial charge in [0.25, 0.3) is 0 Å². The number of amides is 1. The van der Waals surface area contributed by atoms with Crippen LogP contribution in [-0.2, 0) is 4.79 Å². The number of aryl methyl sites for hydroxylation is 1. The summed E-state index contributed by atoms with van der Waals surface area (Å²) < 4.78 is 5.65. The van der Waals surface area contributed by atoms with E-state index in [1.165, 1.54) is 11.1 Å². The lowest BCUT2D eigenvalue weighted by Crippen LogP contribution is -2.29. The van der Waals surface area contributed by atoms with Crippen molar-refractivity contribution in [1.29, 1.82) is 0 Å². The van der Waals surface area contributed by atoms with Crippen LogP contribution < -0.4 is 10.1 Å². The van der Waals surface area contributed by atoms with E-state index in [0.29, 0.717) is 13.2 Å². The standard InChI is InChI=1S/C14H19NO2/c1-10-4-3-5-13(11(10)2)17-9-8-15-14(16)12-6-7-12/h3-5,12H,6-9H2,1-2H3,(H,15,16). The van der Waals surface area contributed by atoms with Crippen LogP contribution in [0.3, 0.4) is 0 Å². The van der Waals surface area contributed by atoms with Crippen LogP contribution in [0.5, 0.6) is 5.75 Å². The van der Waals surface area contributed by atoms with E-state index in [4.69, 9.17) is 4.74 Å². The van der Waals surface area contributed by atoms with Crippen molar-refractivity contribution < 1.29 is 9.53 Å². The topological polar surface area (TPSA) is 38.3 Å². The zero-order valence-electron chi connectivity index (χ0n) is 10.5. The monoisotopic (exact) mass is 233 g/mol. The van der Waals surface area contributed by atoms with Gasteiger partial charge in [-0.2, -0.15) is 0 Å². The highest BCUT2D eigenvalue weighted by Crippen LogP contribution is 2.28. The molecule has 0 heterocycles. The molecule has 0 aliphatic heterocycles. The van der Waals surface area contributed by atoms with Gasteiger partial charge >= 0.3 is 0 Å². The molecule has 2 rings (SSSR count). The van der Waals surface area contributed by atoms with E-state index in [2.05, 4.69) is 18.3 Å². The predicted molar refractivity (Wildman–Crippen MR) is 67.1 cm³/mol. The van der Waals surface area contributed by atoms with E-state index in [0.717, 1.165) is 18.6 Å². The summed E-state index contributed by atoms with van der Waals surface area (Å²) in [5.41, 5.74) is 2.39. The molecule has 1 aromatic rings. The molecule has 0 bridgehead atoms. The minimum atomic E-state index is 0.176. The first-order valence-electron chi connectivity index (χ1n) is 6.15. The third-order valence-corrected chi connectivity index (χ3v) is 3.16. The molecule has 0 radical (unpaired) electrons. The molecule has 1 fully saturated rings. The fourth-order valence-electron chi connectivity index (χ4n) is 1.71. The normalized spacial score (nSPS) is 14.5. The number of hydrogen-bond acceptors (Lipinski definition) is 2. The van der Waals surface area contributed by atoms with Gasteiger partial charge in [0.2, 0.25) is 5.91 Å². The van der Waals surface area contributed by atoms with E-state index in [9.17, 15) is 4.79 Å². The van der Waals surface area contributed by atoms with Crippen molar-refractivity contribution in [3.05, 3.63) is 29.3 Å². The van der Waals surface area contributed by atoms with Crippen LogP contribution in [0.2, 0.25) is 0 Å². The number of nitrogens with one attached hydrogen (secondary N) is 1. The summed E-state index contributed by atoms with van der Waals surface area (Å²) >= 11 is 0. The molecule has 1 saturated carbocycles. The lowest BCUT2D eigenvalue weighted by atomic mass is 10.1. The largest absolute Gasteiger partial charge is 0.491 e. The van der Waals surface area contributed by atoms with Crippen LogP contribution in [0, 0.1) is 19.8 Å². The number of carbonyl (C=O) groups excluding carboxylic acids is 1. The maximum atomic E-state index is 11.4. The Labute approximate surface area is 102 Å². The van der Waals surface area contributed by atoms with Gasteiger partial charge in [-0.3, -0.25) is 4.79 Å². The van der Waals surface area contributed by atoms with Crippen LogP contribution in [-0.4, -0.2) is 19.1 Å². The molecule has 0 saturated heterocycles. The zero-order valence-corrected chi connectivity index (χ0v) is 10.5. The lowest BCUT2D eigenvalue weighted by Gasteiger charge is -2.11.